The molecule has 0 aromatic carbocycles. The van der Waals surface area contributed by atoms with Crippen molar-refractivity contribution in [2.45, 2.75) is 69.0 Å². The molecule has 5 atom stereocenters. The minimum atomic E-state index is -2.03. The summed E-state index contributed by atoms with van der Waals surface area (Å²) in [5, 5.41) is 9.69. The Balaban J connectivity index is 1.74. The first-order chi connectivity index (χ1) is 12.8. The van der Waals surface area contributed by atoms with Crippen LogP contribution in [0.3, 0.4) is 0 Å². The molecule has 3 rings (SSSR count). The SMILES string of the molecule is C[C@@H](O[Si](C)(C)C(C)(C)C)[C@H]1C(=O)N2C(C(=O)O)=C(SC3CCS(=O)C3)S[C@@H]12. The minimum absolute atomic E-state index is 0.0418. The summed E-state index contributed by atoms with van der Waals surface area (Å²) in [6.45, 7) is 12.7. The van der Waals surface area contributed by atoms with Crippen molar-refractivity contribution in [1.82, 2.24) is 4.90 Å². The van der Waals surface area contributed by atoms with Crippen LogP contribution in [0.15, 0.2) is 9.93 Å². The number of carboxylic acid groups (broad SMARTS) is 1. The van der Waals surface area contributed by atoms with Gasteiger partial charge in [0.15, 0.2) is 14.0 Å². The van der Waals surface area contributed by atoms with Gasteiger partial charge in [-0.2, -0.15) is 0 Å². The number of nitrogens with zero attached hydrogens (tertiary/aromatic N) is 1. The lowest BCUT2D eigenvalue weighted by Crippen LogP contribution is -2.62. The van der Waals surface area contributed by atoms with Gasteiger partial charge in [0.2, 0.25) is 5.91 Å². The second-order valence-corrected chi connectivity index (χ2v) is 18.2. The lowest BCUT2D eigenvalue weighted by molar-refractivity contribution is -0.156. The fourth-order valence-electron chi connectivity index (χ4n) is 3.42. The second-order valence-electron chi connectivity index (χ2n) is 9.11. The normalized spacial score (nSPS) is 31.8. The van der Waals surface area contributed by atoms with Gasteiger partial charge in [0.1, 0.15) is 5.37 Å². The van der Waals surface area contributed by atoms with Gasteiger partial charge in [-0.3, -0.25) is 13.9 Å². The van der Waals surface area contributed by atoms with Gasteiger partial charge in [-0.1, -0.05) is 32.5 Å². The van der Waals surface area contributed by atoms with E-state index in [-0.39, 0.29) is 39.3 Å². The zero-order valence-electron chi connectivity index (χ0n) is 17.2. The molecule has 0 saturated carbocycles. The monoisotopic (exact) mass is 463 g/mol. The number of carboxylic acids is 1. The number of hydrogen-bond acceptors (Lipinski definition) is 6. The summed E-state index contributed by atoms with van der Waals surface area (Å²) >= 11 is 2.94. The maximum absolute atomic E-state index is 12.9. The second kappa shape index (κ2) is 7.75. The van der Waals surface area contributed by atoms with Crippen molar-refractivity contribution in [2.75, 3.05) is 11.5 Å². The van der Waals surface area contributed by atoms with E-state index >= 15 is 0 Å². The lowest BCUT2D eigenvalue weighted by atomic mass is 9.92. The summed E-state index contributed by atoms with van der Waals surface area (Å²) in [4.78, 5) is 26.2. The van der Waals surface area contributed by atoms with Crippen LogP contribution >= 0.6 is 23.5 Å². The average Bonchev–Trinajstić information content (AvgIpc) is 3.07. The van der Waals surface area contributed by atoms with Gasteiger partial charge >= 0.3 is 5.97 Å². The molecule has 1 amide bonds. The molecule has 3 aliphatic rings. The van der Waals surface area contributed by atoms with Gasteiger partial charge in [0.25, 0.3) is 0 Å². The Morgan fingerprint density at radius 3 is 2.57 bits per heavy atom. The van der Waals surface area contributed by atoms with Gasteiger partial charge in [0.05, 0.1) is 16.3 Å². The third-order valence-corrected chi connectivity index (χ3v) is 15.2. The molecule has 158 valence electrons. The highest BCUT2D eigenvalue weighted by Crippen LogP contribution is 2.55. The molecular weight excluding hydrogens is 434 g/mol. The van der Waals surface area contributed by atoms with Crippen molar-refractivity contribution >= 4 is 54.5 Å². The molecule has 0 radical (unpaired) electrons. The number of hydrogen-bond donors (Lipinski definition) is 1. The summed E-state index contributed by atoms with van der Waals surface area (Å²) in [5.74, 6) is -0.295. The van der Waals surface area contributed by atoms with Crippen molar-refractivity contribution < 1.29 is 23.3 Å². The maximum atomic E-state index is 12.9. The highest BCUT2D eigenvalue weighted by atomic mass is 32.2. The Bertz CT molecular complexity index is 748. The van der Waals surface area contributed by atoms with Gasteiger partial charge in [-0.05, 0) is 31.5 Å². The molecule has 10 heteroatoms. The van der Waals surface area contributed by atoms with Crippen LogP contribution in [-0.2, 0) is 24.8 Å². The van der Waals surface area contributed by atoms with Crippen molar-refractivity contribution in [3.05, 3.63) is 9.93 Å². The van der Waals surface area contributed by atoms with Crippen LogP contribution in [0.25, 0.3) is 0 Å². The Kier molecular flexibility index (Phi) is 6.20. The van der Waals surface area contributed by atoms with Crippen molar-refractivity contribution in [3.63, 3.8) is 0 Å². The molecule has 28 heavy (non-hydrogen) atoms. The van der Waals surface area contributed by atoms with Gasteiger partial charge < -0.3 is 9.53 Å². The fourth-order valence-corrected chi connectivity index (χ4v) is 10.1. The summed E-state index contributed by atoms with van der Waals surface area (Å²) in [7, 11) is -2.84. The van der Waals surface area contributed by atoms with Crippen LogP contribution in [0.2, 0.25) is 18.1 Å². The van der Waals surface area contributed by atoms with Crippen molar-refractivity contribution in [3.8, 4) is 0 Å². The molecule has 0 aliphatic carbocycles. The number of carbonyl (C=O) groups is 2. The van der Waals surface area contributed by atoms with Crippen LogP contribution in [0.1, 0.15) is 34.1 Å². The van der Waals surface area contributed by atoms with Gasteiger partial charge in [-0.15, -0.1) is 11.8 Å². The quantitative estimate of drug-likeness (QED) is 0.477. The number of rotatable bonds is 6. The van der Waals surface area contributed by atoms with Gasteiger partial charge in [-0.25, -0.2) is 4.79 Å². The Morgan fingerprint density at radius 1 is 1.43 bits per heavy atom. The summed E-state index contributed by atoms with van der Waals surface area (Å²) in [6, 6.07) is 0. The Labute approximate surface area is 178 Å². The molecule has 0 bridgehead atoms. The number of amides is 1. The molecule has 3 heterocycles. The summed E-state index contributed by atoms with van der Waals surface area (Å²) < 4.78 is 18.8. The topological polar surface area (TPSA) is 83.9 Å². The molecule has 3 aliphatic heterocycles. The van der Waals surface area contributed by atoms with Gasteiger partial charge in [0, 0.05) is 27.6 Å². The van der Waals surface area contributed by atoms with Crippen LogP contribution in [0, 0.1) is 5.92 Å². The zero-order valence-corrected chi connectivity index (χ0v) is 20.6. The van der Waals surface area contributed by atoms with E-state index in [1.54, 1.807) is 0 Å². The van der Waals surface area contributed by atoms with Crippen LogP contribution in [0.4, 0.5) is 0 Å². The molecule has 2 unspecified atom stereocenters. The molecule has 2 saturated heterocycles. The van der Waals surface area contributed by atoms with Crippen LogP contribution < -0.4 is 0 Å². The molecule has 6 nitrogen and oxygen atoms in total. The third kappa shape index (κ3) is 3.99. The average molecular weight is 464 g/mol. The first kappa shape index (κ1) is 22.4. The highest BCUT2D eigenvalue weighted by molar-refractivity contribution is 8.23. The standard InChI is InChI=1S/C18H29NO5S3Si/c1-10(24-28(5,6)18(2,3)4)12-14(20)19-13(16(21)22)17(26-15(12)19)25-11-7-8-27(23)9-11/h10-12,15H,7-9H2,1-6H3,(H,21,22)/t10-,11?,12+,15+,27?/m1/s1. The number of β-lactam (4-membered cyclic amide) rings is 1. The van der Waals surface area contributed by atoms with Crippen LogP contribution in [-0.4, -0.2) is 62.6 Å². The molecule has 0 aromatic rings. The van der Waals surface area contributed by atoms with E-state index in [1.165, 1.54) is 28.4 Å². The fraction of sp³-hybridized carbons (Fsp3) is 0.778. The minimum Gasteiger partial charge on any atom is -0.477 e. The summed E-state index contributed by atoms with van der Waals surface area (Å²) in [5.41, 5.74) is 0.0958. The predicted molar refractivity (Wildman–Crippen MR) is 118 cm³/mol. The lowest BCUT2D eigenvalue weighted by Gasteiger charge is -2.48. The zero-order chi connectivity index (χ0) is 21.0. The van der Waals surface area contributed by atoms with Crippen molar-refractivity contribution in [2.24, 2.45) is 5.92 Å². The Morgan fingerprint density at radius 2 is 2.07 bits per heavy atom. The number of fused-ring (bicyclic) bond motifs is 1. The first-order valence-electron chi connectivity index (χ1n) is 9.50. The van der Waals surface area contributed by atoms with E-state index in [9.17, 15) is 18.9 Å². The largest absolute Gasteiger partial charge is 0.477 e. The molecule has 0 aromatic heterocycles. The molecule has 1 N–H and O–H groups in total. The van der Waals surface area contributed by atoms with Crippen LogP contribution in [0.5, 0.6) is 0 Å². The highest BCUT2D eigenvalue weighted by Gasteiger charge is 2.59. The third-order valence-electron chi connectivity index (χ3n) is 6.05. The van der Waals surface area contributed by atoms with E-state index in [0.717, 1.165) is 6.42 Å². The van der Waals surface area contributed by atoms with Crippen molar-refractivity contribution in [1.29, 1.82) is 0 Å². The number of aliphatic carboxylic acids is 1. The van der Waals surface area contributed by atoms with E-state index in [0.29, 0.717) is 15.7 Å². The van der Waals surface area contributed by atoms with E-state index < -0.39 is 25.1 Å². The molecule has 2 fully saturated rings. The molecular formula is C18H29NO5S3Si. The Hall–Kier alpha value is -0.293. The maximum Gasteiger partial charge on any atom is 0.354 e. The first-order valence-corrected chi connectivity index (χ1v) is 15.7. The molecule has 0 spiro atoms. The summed E-state index contributed by atoms with van der Waals surface area (Å²) in [6.07, 6.45) is 0.571. The van der Waals surface area contributed by atoms with E-state index in [1.807, 2.05) is 6.92 Å². The number of thioether (sulfide) groups is 2. The van der Waals surface area contributed by atoms with E-state index in [4.69, 9.17) is 4.43 Å². The van der Waals surface area contributed by atoms with E-state index in [2.05, 4.69) is 33.9 Å². The number of carbonyl (C=O) groups excluding carboxylic acids is 1. The predicted octanol–water partition coefficient (Wildman–Crippen LogP) is 3.44. The smallest absolute Gasteiger partial charge is 0.354 e.